The molecule has 0 bridgehead atoms. The number of halogens is 1. The van der Waals surface area contributed by atoms with Crippen LogP contribution in [0.5, 0.6) is 0 Å². The molecule has 0 aliphatic rings. The van der Waals surface area contributed by atoms with Gasteiger partial charge in [0.15, 0.2) is 5.69 Å². The summed E-state index contributed by atoms with van der Waals surface area (Å²) in [6.07, 6.45) is 6.66. The van der Waals surface area contributed by atoms with Crippen molar-refractivity contribution in [2.45, 2.75) is 13.8 Å². The molecule has 0 amide bonds. The SMILES string of the molecule is CC(=CN)C(=Nc1cccc(Cl)c1)c1nn(-c2ccc(-n3cccn3)cc2C)ccc1=O. The summed E-state index contributed by atoms with van der Waals surface area (Å²) in [4.78, 5) is 17.4. The van der Waals surface area contributed by atoms with E-state index >= 15 is 0 Å². The smallest absolute Gasteiger partial charge is 0.209 e. The lowest BCUT2D eigenvalue weighted by atomic mass is 10.1. The first kappa shape index (κ1) is 21.3. The van der Waals surface area contributed by atoms with Gasteiger partial charge in [0.05, 0.1) is 22.8 Å². The zero-order chi connectivity index (χ0) is 22.7. The number of benzene rings is 2. The average molecular weight is 445 g/mol. The maximum Gasteiger partial charge on any atom is 0.209 e. The fraction of sp³-hybridized carbons (Fsp3) is 0.0833. The lowest BCUT2D eigenvalue weighted by Gasteiger charge is -2.13. The molecule has 0 unspecified atom stereocenters. The molecule has 0 aliphatic heterocycles. The molecule has 160 valence electrons. The van der Waals surface area contributed by atoms with E-state index in [-0.39, 0.29) is 11.1 Å². The van der Waals surface area contributed by atoms with E-state index in [9.17, 15) is 4.79 Å². The summed E-state index contributed by atoms with van der Waals surface area (Å²) in [5, 5.41) is 9.42. The highest BCUT2D eigenvalue weighted by atomic mass is 35.5. The Bertz CT molecular complexity index is 1390. The molecule has 32 heavy (non-hydrogen) atoms. The van der Waals surface area contributed by atoms with Crippen LogP contribution >= 0.6 is 11.6 Å². The minimum Gasteiger partial charge on any atom is -0.404 e. The van der Waals surface area contributed by atoms with Crippen molar-refractivity contribution in [3.8, 4) is 11.4 Å². The second kappa shape index (κ2) is 9.03. The fourth-order valence-electron chi connectivity index (χ4n) is 3.25. The number of hydrogen-bond acceptors (Lipinski definition) is 5. The van der Waals surface area contributed by atoms with Crippen LogP contribution in [0.1, 0.15) is 18.2 Å². The van der Waals surface area contributed by atoms with Gasteiger partial charge < -0.3 is 5.73 Å². The number of allylic oxidation sites excluding steroid dienone is 1. The molecule has 0 saturated carbocycles. The van der Waals surface area contributed by atoms with Crippen LogP contribution in [0.4, 0.5) is 5.69 Å². The van der Waals surface area contributed by atoms with E-state index in [1.54, 1.807) is 52.9 Å². The van der Waals surface area contributed by atoms with Crippen LogP contribution in [0.25, 0.3) is 11.4 Å². The zero-order valence-corrected chi connectivity index (χ0v) is 18.4. The highest BCUT2D eigenvalue weighted by Crippen LogP contribution is 2.21. The van der Waals surface area contributed by atoms with Gasteiger partial charge in [-0.2, -0.15) is 10.2 Å². The minimum atomic E-state index is -0.256. The first-order valence-corrected chi connectivity index (χ1v) is 10.3. The third-order valence-electron chi connectivity index (χ3n) is 4.90. The Labute approximate surface area is 190 Å². The van der Waals surface area contributed by atoms with Crippen molar-refractivity contribution in [2.24, 2.45) is 10.7 Å². The van der Waals surface area contributed by atoms with Crippen LogP contribution < -0.4 is 11.2 Å². The maximum absolute atomic E-state index is 12.8. The Kier molecular flexibility index (Phi) is 6.00. The quantitative estimate of drug-likeness (QED) is 0.463. The molecule has 4 rings (SSSR count). The molecule has 0 spiro atoms. The molecule has 0 fully saturated rings. The normalized spacial score (nSPS) is 12.2. The van der Waals surface area contributed by atoms with Gasteiger partial charge in [-0.05, 0) is 73.6 Å². The largest absolute Gasteiger partial charge is 0.404 e. The van der Waals surface area contributed by atoms with E-state index in [1.807, 2.05) is 37.4 Å². The highest BCUT2D eigenvalue weighted by molar-refractivity contribution is 6.30. The summed E-state index contributed by atoms with van der Waals surface area (Å²) >= 11 is 6.10. The van der Waals surface area contributed by atoms with Gasteiger partial charge in [0.25, 0.3) is 0 Å². The Balaban J connectivity index is 1.82. The number of nitrogens with zero attached hydrogens (tertiary/aromatic N) is 5. The van der Waals surface area contributed by atoms with Gasteiger partial charge in [-0.25, -0.2) is 14.4 Å². The van der Waals surface area contributed by atoms with Crippen molar-refractivity contribution in [3.05, 3.63) is 111 Å². The Hall–Kier alpha value is -3.97. The molecular formula is C24H21ClN6O. The molecule has 2 N–H and O–H groups in total. The topological polar surface area (TPSA) is 91.1 Å². The molecule has 2 heterocycles. The molecule has 7 nitrogen and oxygen atoms in total. The molecular weight excluding hydrogens is 424 g/mol. The van der Waals surface area contributed by atoms with Crippen molar-refractivity contribution in [3.63, 3.8) is 0 Å². The van der Waals surface area contributed by atoms with Gasteiger partial charge in [0.2, 0.25) is 5.43 Å². The lowest BCUT2D eigenvalue weighted by molar-refractivity contribution is 0.818. The predicted octanol–water partition coefficient (Wildman–Crippen LogP) is 4.36. The van der Waals surface area contributed by atoms with Gasteiger partial charge in [-0.3, -0.25) is 4.79 Å². The molecule has 2 aromatic carbocycles. The molecule has 0 atom stereocenters. The maximum atomic E-state index is 12.8. The number of rotatable bonds is 5. The van der Waals surface area contributed by atoms with E-state index in [0.717, 1.165) is 16.9 Å². The first-order chi connectivity index (χ1) is 15.5. The number of aryl methyl sites for hydroxylation is 1. The summed E-state index contributed by atoms with van der Waals surface area (Å²) in [5.74, 6) is 0. The van der Waals surface area contributed by atoms with Crippen LogP contribution in [0.2, 0.25) is 5.02 Å². The molecule has 0 saturated heterocycles. The van der Waals surface area contributed by atoms with Crippen LogP contribution in [0.15, 0.2) is 94.7 Å². The minimum absolute atomic E-state index is 0.197. The number of aliphatic imine (C=N–C) groups is 1. The summed E-state index contributed by atoms with van der Waals surface area (Å²) in [6, 6.07) is 16.3. The van der Waals surface area contributed by atoms with Crippen LogP contribution in [0.3, 0.4) is 0 Å². The summed E-state index contributed by atoms with van der Waals surface area (Å²) in [6.45, 7) is 3.76. The van der Waals surface area contributed by atoms with Gasteiger partial charge >= 0.3 is 0 Å². The van der Waals surface area contributed by atoms with E-state index in [0.29, 0.717) is 22.0 Å². The predicted molar refractivity (Wildman–Crippen MR) is 127 cm³/mol. The van der Waals surface area contributed by atoms with E-state index in [1.165, 1.54) is 12.3 Å². The standard InChI is InChI=1S/C24H21ClN6O/c1-16-13-20(30-11-4-10-27-30)7-8-21(16)31-12-9-22(32)24(29-31)23(17(2)15-26)28-19-6-3-5-18(25)14-19/h3-15H,26H2,1-2H3. The number of hydrogen-bond donors (Lipinski definition) is 1. The zero-order valence-electron chi connectivity index (χ0n) is 17.6. The van der Waals surface area contributed by atoms with Gasteiger partial charge in [-0.15, -0.1) is 0 Å². The highest BCUT2D eigenvalue weighted by Gasteiger charge is 2.15. The summed E-state index contributed by atoms with van der Waals surface area (Å²) < 4.78 is 3.45. The van der Waals surface area contributed by atoms with E-state index < -0.39 is 0 Å². The van der Waals surface area contributed by atoms with Crippen LogP contribution in [0, 0.1) is 6.92 Å². The molecule has 2 aromatic heterocycles. The van der Waals surface area contributed by atoms with E-state index in [2.05, 4.69) is 15.2 Å². The third kappa shape index (κ3) is 4.38. The lowest BCUT2D eigenvalue weighted by Crippen LogP contribution is -2.22. The molecule has 0 aliphatic carbocycles. The molecule has 8 heteroatoms. The second-order valence-electron chi connectivity index (χ2n) is 7.18. The second-order valence-corrected chi connectivity index (χ2v) is 7.62. The number of nitrogens with two attached hydrogens (primary N) is 1. The Morgan fingerprint density at radius 3 is 2.62 bits per heavy atom. The van der Waals surface area contributed by atoms with Crippen LogP contribution in [-0.2, 0) is 0 Å². The Morgan fingerprint density at radius 2 is 1.94 bits per heavy atom. The van der Waals surface area contributed by atoms with E-state index in [4.69, 9.17) is 17.3 Å². The van der Waals surface area contributed by atoms with Crippen molar-refractivity contribution in [1.29, 1.82) is 0 Å². The van der Waals surface area contributed by atoms with Crippen molar-refractivity contribution in [2.75, 3.05) is 0 Å². The van der Waals surface area contributed by atoms with Gasteiger partial charge in [0.1, 0.15) is 0 Å². The average Bonchev–Trinajstić information content (AvgIpc) is 3.33. The van der Waals surface area contributed by atoms with Gasteiger partial charge in [-0.1, -0.05) is 17.7 Å². The third-order valence-corrected chi connectivity index (χ3v) is 5.14. The number of aromatic nitrogens is 4. The Morgan fingerprint density at radius 1 is 1.09 bits per heavy atom. The van der Waals surface area contributed by atoms with Crippen LogP contribution in [-0.4, -0.2) is 25.3 Å². The molecule has 4 aromatic rings. The van der Waals surface area contributed by atoms with Crippen molar-refractivity contribution < 1.29 is 0 Å². The first-order valence-electron chi connectivity index (χ1n) is 9.91. The molecule has 0 radical (unpaired) electrons. The fourth-order valence-corrected chi connectivity index (χ4v) is 3.43. The summed E-state index contributed by atoms with van der Waals surface area (Å²) in [7, 11) is 0. The monoisotopic (exact) mass is 444 g/mol. The van der Waals surface area contributed by atoms with Crippen molar-refractivity contribution >= 4 is 23.0 Å². The summed E-state index contributed by atoms with van der Waals surface area (Å²) in [5.41, 5.74) is 10.1. The van der Waals surface area contributed by atoms with Gasteiger partial charge in [0, 0.05) is 29.7 Å². The van der Waals surface area contributed by atoms with Crippen molar-refractivity contribution in [1.82, 2.24) is 19.6 Å².